The van der Waals surface area contributed by atoms with Gasteiger partial charge in [0, 0.05) is 23.1 Å². The Kier molecular flexibility index (Phi) is 4.79. The number of benzene rings is 2. The van der Waals surface area contributed by atoms with Gasteiger partial charge >= 0.3 is 0 Å². The van der Waals surface area contributed by atoms with Gasteiger partial charge in [-0.1, -0.05) is 0 Å². The molecule has 1 N–H and O–H groups in total. The number of anilines is 1. The summed E-state index contributed by atoms with van der Waals surface area (Å²) in [5.74, 6) is 2.74. The summed E-state index contributed by atoms with van der Waals surface area (Å²) < 4.78 is 22.0. The Labute approximate surface area is 155 Å². The molecule has 0 aliphatic carbocycles. The van der Waals surface area contributed by atoms with Gasteiger partial charge in [0.25, 0.3) is 0 Å². The predicted octanol–water partition coefficient (Wildman–Crippen LogP) is 3.70. The Hall–Kier alpha value is -2.54. The zero-order valence-corrected chi connectivity index (χ0v) is 15.1. The normalized spacial score (nSPS) is 15.9. The van der Waals surface area contributed by atoms with Crippen molar-refractivity contribution in [2.45, 2.75) is 23.5 Å². The summed E-state index contributed by atoms with van der Waals surface area (Å²) in [6.45, 7) is 3.38. The van der Waals surface area contributed by atoms with Crippen molar-refractivity contribution in [1.82, 2.24) is 0 Å². The van der Waals surface area contributed by atoms with Gasteiger partial charge in [-0.2, -0.15) is 0 Å². The Morgan fingerprint density at radius 3 is 2.54 bits per heavy atom. The van der Waals surface area contributed by atoms with E-state index < -0.39 is 0 Å². The summed E-state index contributed by atoms with van der Waals surface area (Å²) in [7, 11) is 0. The summed E-state index contributed by atoms with van der Waals surface area (Å²) >= 11 is 1.47. The number of carbonyl (C=O) groups is 1. The summed E-state index contributed by atoms with van der Waals surface area (Å²) in [6.07, 6.45) is 0.867. The first-order valence-corrected chi connectivity index (χ1v) is 9.34. The van der Waals surface area contributed by atoms with Gasteiger partial charge in [-0.05, 0) is 37.3 Å². The van der Waals surface area contributed by atoms with Crippen molar-refractivity contribution in [3.63, 3.8) is 0 Å². The molecule has 0 bridgehead atoms. The van der Waals surface area contributed by atoms with Crippen LogP contribution in [0.3, 0.4) is 0 Å². The smallest absolute Gasteiger partial charge is 0.237 e. The quantitative estimate of drug-likeness (QED) is 0.825. The van der Waals surface area contributed by atoms with Crippen LogP contribution in [0.2, 0.25) is 0 Å². The predicted molar refractivity (Wildman–Crippen MR) is 98.6 cm³/mol. The molecule has 26 heavy (non-hydrogen) atoms. The van der Waals surface area contributed by atoms with E-state index in [-0.39, 0.29) is 18.0 Å². The van der Waals surface area contributed by atoms with Gasteiger partial charge in [0.05, 0.1) is 18.5 Å². The lowest BCUT2D eigenvalue weighted by atomic mass is 10.2. The SMILES string of the molecule is C[C@@H](Sc1ccc2c(c1)OCCCO2)C(=O)Nc1ccc2c(c1)OCO2. The van der Waals surface area contributed by atoms with Crippen LogP contribution in [0.25, 0.3) is 0 Å². The third-order valence-corrected chi connectivity index (χ3v) is 5.13. The zero-order valence-electron chi connectivity index (χ0n) is 14.3. The lowest BCUT2D eigenvalue weighted by Gasteiger charge is -2.14. The minimum absolute atomic E-state index is 0.0824. The summed E-state index contributed by atoms with van der Waals surface area (Å²) in [6, 6.07) is 11.1. The number of fused-ring (bicyclic) bond motifs is 2. The summed E-state index contributed by atoms with van der Waals surface area (Å²) in [4.78, 5) is 13.5. The van der Waals surface area contributed by atoms with Crippen LogP contribution in [0.15, 0.2) is 41.3 Å². The topological polar surface area (TPSA) is 66.0 Å². The van der Waals surface area contributed by atoms with E-state index in [0.717, 1.165) is 22.8 Å². The number of carbonyl (C=O) groups excluding carboxylic acids is 1. The Morgan fingerprint density at radius 1 is 0.962 bits per heavy atom. The third-order valence-electron chi connectivity index (χ3n) is 4.04. The van der Waals surface area contributed by atoms with Crippen LogP contribution in [0.4, 0.5) is 5.69 Å². The number of amides is 1. The van der Waals surface area contributed by atoms with E-state index in [1.54, 1.807) is 18.2 Å². The molecule has 0 radical (unpaired) electrons. The highest BCUT2D eigenvalue weighted by Gasteiger charge is 2.19. The van der Waals surface area contributed by atoms with Crippen molar-refractivity contribution >= 4 is 23.4 Å². The highest BCUT2D eigenvalue weighted by molar-refractivity contribution is 8.00. The first kappa shape index (κ1) is 16.9. The summed E-state index contributed by atoms with van der Waals surface area (Å²) in [5, 5.41) is 2.64. The average molecular weight is 373 g/mol. The molecule has 0 unspecified atom stereocenters. The number of ether oxygens (including phenoxy) is 4. The van der Waals surface area contributed by atoms with Gasteiger partial charge in [-0.3, -0.25) is 4.79 Å². The van der Waals surface area contributed by atoms with E-state index in [4.69, 9.17) is 18.9 Å². The molecule has 2 aromatic rings. The van der Waals surface area contributed by atoms with Gasteiger partial charge in [0.1, 0.15) is 0 Å². The lowest BCUT2D eigenvalue weighted by molar-refractivity contribution is -0.115. The van der Waals surface area contributed by atoms with Crippen molar-refractivity contribution in [3.8, 4) is 23.0 Å². The molecule has 0 saturated carbocycles. The minimum Gasteiger partial charge on any atom is -0.490 e. The maximum atomic E-state index is 12.5. The molecule has 0 aromatic heterocycles. The Morgan fingerprint density at radius 2 is 1.65 bits per heavy atom. The van der Waals surface area contributed by atoms with Gasteiger partial charge in [0.15, 0.2) is 23.0 Å². The second-order valence-electron chi connectivity index (χ2n) is 5.98. The van der Waals surface area contributed by atoms with Crippen LogP contribution in [0.1, 0.15) is 13.3 Å². The second kappa shape index (κ2) is 7.37. The van der Waals surface area contributed by atoms with E-state index in [1.807, 2.05) is 25.1 Å². The van der Waals surface area contributed by atoms with Crippen molar-refractivity contribution in [1.29, 1.82) is 0 Å². The molecule has 2 heterocycles. The van der Waals surface area contributed by atoms with Gasteiger partial charge in [-0.25, -0.2) is 0 Å². The molecule has 1 atom stereocenters. The number of nitrogens with one attached hydrogen (secondary N) is 1. The highest BCUT2D eigenvalue weighted by atomic mass is 32.2. The summed E-state index contributed by atoms with van der Waals surface area (Å²) in [5.41, 5.74) is 0.686. The monoisotopic (exact) mass is 373 g/mol. The minimum atomic E-state index is -0.273. The van der Waals surface area contributed by atoms with Crippen LogP contribution >= 0.6 is 11.8 Å². The molecule has 0 spiro atoms. The van der Waals surface area contributed by atoms with E-state index in [0.29, 0.717) is 30.4 Å². The van der Waals surface area contributed by atoms with E-state index in [9.17, 15) is 4.79 Å². The molecule has 4 rings (SSSR count). The zero-order chi connectivity index (χ0) is 17.9. The lowest BCUT2D eigenvalue weighted by Crippen LogP contribution is -2.22. The first-order chi connectivity index (χ1) is 12.7. The number of thioether (sulfide) groups is 1. The molecule has 6 nitrogen and oxygen atoms in total. The molecule has 0 saturated heterocycles. The largest absolute Gasteiger partial charge is 0.490 e. The van der Waals surface area contributed by atoms with Gasteiger partial charge in [0.2, 0.25) is 12.7 Å². The van der Waals surface area contributed by atoms with Crippen LogP contribution in [-0.4, -0.2) is 31.2 Å². The Balaban J connectivity index is 1.40. The van der Waals surface area contributed by atoms with Crippen molar-refractivity contribution < 1.29 is 23.7 Å². The molecule has 0 fully saturated rings. The van der Waals surface area contributed by atoms with Crippen LogP contribution in [0.5, 0.6) is 23.0 Å². The molecule has 2 aliphatic heterocycles. The van der Waals surface area contributed by atoms with E-state index in [1.165, 1.54) is 11.8 Å². The van der Waals surface area contributed by atoms with E-state index in [2.05, 4.69) is 5.32 Å². The molecule has 2 aliphatic rings. The average Bonchev–Trinajstić information content (AvgIpc) is 2.98. The molecule has 136 valence electrons. The first-order valence-electron chi connectivity index (χ1n) is 8.46. The molecule has 1 amide bonds. The molecule has 2 aromatic carbocycles. The fraction of sp³-hybridized carbons (Fsp3) is 0.316. The number of hydrogen-bond donors (Lipinski definition) is 1. The standard InChI is InChI=1S/C19H19NO5S/c1-12(19(21)20-13-3-5-16-17(9-13)25-11-24-16)26-14-4-6-15-18(10-14)23-8-2-7-22-15/h3-6,9-10,12H,2,7-8,11H2,1H3,(H,20,21)/t12-/m1/s1. The van der Waals surface area contributed by atoms with Crippen molar-refractivity contribution in [2.75, 3.05) is 25.3 Å². The van der Waals surface area contributed by atoms with Crippen molar-refractivity contribution in [3.05, 3.63) is 36.4 Å². The Bertz CT molecular complexity index is 826. The van der Waals surface area contributed by atoms with Crippen LogP contribution in [0, 0.1) is 0 Å². The maximum Gasteiger partial charge on any atom is 0.237 e. The van der Waals surface area contributed by atoms with Crippen LogP contribution < -0.4 is 24.3 Å². The number of hydrogen-bond acceptors (Lipinski definition) is 6. The van der Waals surface area contributed by atoms with Crippen molar-refractivity contribution in [2.24, 2.45) is 0 Å². The molecule has 7 heteroatoms. The highest BCUT2D eigenvalue weighted by Crippen LogP contribution is 2.36. The maximum absolute atomic E-state index is 12.5. The fourth-order valence-electron chi connectivity index (χ4n) is 2.69. The number of rotatable bonds is 4. The fourth-order valence-corrected chi connectivity index (χ4v) is 3.59. The molecular weight excluding hydrogens is 354 g/mol. The van der Waals surface area contributed by atoms with Crippen LogP contribution in [-0.2, 0) is 4.79 Å². The van der Waals surface area contributed by atoms with E-state index >= 15 is 0 Å². The second-order valence-corrected chi connectivity index (χ2v) is 7.39. The van der Waals surface area contributed by atoms with Gasteiger partial charge < -0.3 is 24.3 Å². The third kappa shape index (κ3) is 3.67. The molecular formula is C19H19NO5S. The van der Waals surface area contributed by atoms with Gasteiger partial charge in [-0.15, -0.1) is 11.8 Å².